The van der Waals surface area contributed by atoms with Crippen molar-refractivity contribution in [2.45, 2.75) is 19.8 Å². The highest BCUT2D eigenvalue weighted by Gasteiger charge is 2.26. The monoisotopic (exact) mass is 295 g/mol. The summed E-state index contributed by atoms with van der Waals surface area (Å²) in [5.41, 5.74) is 4.97. The summed E-state index contributed by atoms with van der Waals surface area (Å²) in [5, 5.41) is 9.04. The highest BCUT2D eigenvalue weighted by Crippen LogP contribution is 2.32. The van der Waals surface area contributed by atoms with E-state index in [0.717, 1.165) is 27.9 Å². The summed E-state index contributed by atoms with van der Waals surface area (Å²) in [4.78, 5) is 24.5. The van der Waals surface area contributed by atoms with E-state index in [1.54, 1.807) is 0 Å². The number of hydrogen-bond acceptors (Lipinski definition) is 2. The first-order chi connectivity index (χ1) is 10.5. The van der Waals surface area contributed by atoms with Gasteiger partial charge in [-0.05, 0) is 36.1 Å². The van der Waals surface area contributed by atoms with Crippen LogP contribution in [-0.2, 0) is 16.0 Å². The molecule has 0 saturated heterocycles. The zero-order chi connectivity index (χ0) is 15.7. The maximum Gasteiger partial charge on any atom is 0.323 e. The second-order valence-electron chi connectivity index (χ2n) is 5.59. The molecular weight excluding hydrogens is 278 g/mol. The van der Waals surface area contributed by atoms with Gasteiger partial charge in [0.2, 0.25) is 5.91 Å². The van der Waals surface area contributed by atoms with E-state index in [0.29, 0.717) is 12.8 Å². The minimum atomic E-state index is -0.998. The zero-order valence-corrected chi connectivity index (χ0v) is 12.4. The minimum absolute atomic E-state index is 0.128. The molecular formula is C18H17NO3. The van der Waals surface area contributed by atoms with Gasteiger partial charge in [-0.1, -0.05) is 42.0 Å². The van der Waals surface area contributed by atoms with E-state index < -0.39 is 5.97 Å². The van der Waals surface area contributed by atoms with E-state index >= 15 is 0 Å². The molecule has 4 heteroatoms. The number of carboxylic acid groups (broad SMARTS) is 1. The van der Waals surface area contributed by atoms with Crippen molar-refractivity contribution >= 4 is 17.6 Å². The number of amides is 1. The molecule has 1 N–H and O–H groups in total. The number of anilines is 1. The van der Waals surface area contributed by atoms with E-state index in [9.17, 15) is 9.59 Å². The van der Waals surface area contributed by atoms with Crippen molar-refractivity contribution < 1.29 is 14.7 Å². The number of benzene rings is 2. The van der Waals surface area contributed by atoms with Gasteiger partial charge in [-0.2, -0.15) is 0 Å². The molecule has 0 aromatic heterocycles. The van der Waals surface area contributed by atoms with E-state index in [4.69, 9.17) is 5.11 Å². The van der Waals surface area contributed by atoms with Crippen molar-refractivity contribution in [2.24, 2.45) is 0 Å². The van der Waals surface area contributed by atoms with Crippen molar-refractivity contribution in [3.8, 4) is 11.1 Å². The van der Waals surface area contributed by atoms with Crippen molar-refractivity contribution in [2.75, 3.05) is 11.4 Å². The number of carbonyl (C=O) groups excluding carboxylic acids is 1. The first kappa shape index (κ1) is 14.3. The van der Waals surface area contributed by atoms with Gasteiger partial charge >= 0.3 is 5.97 Å². The lowest BCUT2D eigenvalue weighted by Gasteiger charge is -2.28. The van der Waals surface area contributed by atoms with Crippen LogP contribution < -0.4 is 4.90 Å². The summed E-state index contributed by atoms with van der Waals surface area (Å²) in [6, 6.07) is 14.1. The van der Waals surface area contributed by atoms with Crippen LogP contribution in [0.2, 0.25) is 0 Å². The van der Waals surface area contributed by atoms with Crippen LogP contribution >= 0.6 is 0 Å². The van der Waals surface area contributed by atoms with Gasteiger partial charge in [0.25, 0.3) is 0 Å². The first-order valence-electron chi connectivity index (χ1n) is 7.27. The molecule has 0 spiro atoms. The molecule has 0 aliphatic carbocycles. The summed E-state index contributed by atoms with van der Waals surface area (Å²) in [6.07, 6.45) is 1.03. The predicted octanol–water partition coefficient (Wildman–Crippen LogP) is 3.03. The molecule has 0 radical (unpaired) electrons. The van der Waals surface area contributed by atoms with Gasteiger partial charge in [-0.3, -0.25) is 9.59 Å². The van der Waals surface area contributed by atoms with Gasteiger partial charge in [0.1, 0.15) is 6.54 Å². The quantitative estimate of drug-likeness (QED) is 0.947. The lowest BCUT2D eigenvalue weighted by molar-refractivity contribution is -0.136. The Hall–Kier alpha value is -2.62. The van der Waals surface area contributed by atoms with E-state index in [-0.39, 0.29) is 12.5 Å². The topological polar surface area (TPSA) is 57.6 Å². The lowest BCUT2D eigenvalue weighted by Crippen LogP contribution is -2.38. The Kier molecular flexibility index (Phi) is 3.67. The molecule has 0 saturated carbocycles. The number of hydrogen-bond donors (Lipinski definition) is 1. The van der Waals surface area contributed by atoms with E-state index in [1.165, 1.54) is 4.90 Å². The predicted molar refractivity (Wildman–Crippen MR) is 84.9 cm³/mol. The van der Waals surface area contributed by atoms with Crippen molar-refractivity contribution in [1.82, 2.24) is 0 Å². The fourth-order valence-electron chi connectivity index (χ4n) is 2.85. The number of nitrogens with zero attached hydrogens (tertiary/aromatic N) is 1. The molecule has 2 aromatic rings. The van der Waals surface area contributed by atoms with Crippen molar-refractivity contribution in [1.29, 1.82) is 0 Å². The molecule has 3 rings (SSSR count). The lowest BCUT2D eigenvalue weighted by atomic mass is 9.96. The Morgan fingerprint density at radius 3 is 2.64 bits per heavy atom. The normalized spacial score (nSPS) is 13.9. The standard InChI is InChI=1S/C18H17NO3/c1-12-3-2-4-14(9-12)15-6-5-13-7-8-17(20)19(11-18(21)22)16(13)10-15/h2-6,9-10H,7-8,11H2,1H3,(H,21,22). The number of aliphatic carboxylic acids is 1. The van der Waals surface area contributed by atoms with Gasteiger partial charge in [0.05, 0.1) is 0 Å². The van der Waals surface area contributed by atoms with Crippen LogP contribution in [0.1, 0.15) is 17.5 Å². The van der Waals surface area contributed by atoms with Gasteiger partial charge in [-0.25, -0.2) is 0 Å². The highest BCUT2D eigenvalue weighted by molar-refractivity contribution is 6.00. The third-order valence-electron chi connectivity index (χ3n) is 3.93. The van der Waals surface area contributed by atoms with Crippen molar-refractivity contribution in [3.05, 3.63) is 53.6 Å². The molecule has 0 unspecified atom stereocenters. The van der Waals surface area contributed by atoms with Crippen LogP contribution in [-0.4, -0.2) is 23.5 Å². The Balaban J connectivity index is 2.06. The van der Waals surface area contributed by atoms with Gasteiger partial charge in [0.15, 0.2) is 0 Å². The number of rotatable bonds is 3. The fraction of sp³-hybridized carbons (Fsp3) is 0.222. The largest absolute Gasteiger partial charge is 0.480 e. The summed E-state index contributed by atoms with van der Waals surface area (Å²) >= 11 is 0. The maximum atomic E-state index is 12.1. The third kappa shape index (κ3) is 2.72. The second-order valence-corrected chi connectivity index (χ2v) is 5.59. The fourth-order valence-corrected chi connectivity index (χ4v) is 2.85. The Morgan fingerprint density at radius 1 is 1.14 bits per heavy atom. The van der Waals surface area contributed by atoms with E-state index in [1.807, 2.05) is 43.3 Å². The number of carboxylic acids is 1. The summed E-state index contributed by atoms with van der Waals surface area (Å²) in [5.74, 6) is -1.13. The zero-order valence-electron chi connectivity index (χ0n) is 12.4. The number of fused-ring (bicyclic) bond motifs is 1. The Labute approximate surface area is 129 Å². The number of aryl methyl sites for hydroxylation is 2. The van der Waals surface area contributed by atoms with Crippen LogP contribution in [0.5, 0.6) is 0 Å². The third-order valence-corrected chi connectivity index (χ3v) is 3.93. The molecule has 4 nitrogen and oxygen atoms in total. The van der Waals surface area contributed by atoms with Crippen LogP contribution in [0.4, 0.5) is 5.69 Å². The summed E-state index contributed by atoms with van der Waals surface area (Å²) in [7, 11) is 0. The number of carbonyl (C=O) groups is 2. The van der Waals surface area contributed by atoms with Gasteiger partial charge in [0, 0.05) is 12.1 Å². The SMILES string of the molecule is Cc1cccc(-c2ccc3c(c2)N(CC(=O)O)C(=O)CC3)c1. The van der Waals surface area contributed by atoms with Crippen LogP contribution in [0, 0.1) is 6.92 Å². The summed E-state index contributed by atoms with van der Waals surface area (Å²) in [6.45, 7) is 1.74. The molecule has 0 atom stereocenters. The average Bonchev–Trinajstić information content (AvgIpc) is 2.49. The van der Waals surface area contributed by atoms with E-state index in [2.05, 4.69) is 6.07 Å². The first-order valence-corrected chi connectivity index (χ1v) is 7.27. The van der Waals surface area contributed by atoms with Crippen LogP contribution in [0.25, 0.3) is 11.1 Å². The van der Waals surface area contributed by atoms with Crippen LogP contribution in [0.3, 0.4) is 0 Å². The Morgan fingerprint density at radius 2 is 1.91 bits per heavy atom. The maximum absolute atomic E-state index is 12.1. The highest BCUT2D eigenvalue weighted by atomic mass is 16.4. The molecule has 0 fully saturated rings. The van der Waals surface area contributed by atoms with Gasteiger partial charge < -0.3 is 10.0 Å². The molecule has 1 aliphatic rings. The summed E-state index contributed by atoms with van der Waals surface area (Å²) < 4.78 is 0. The second kappa shape index (κ2) is 5.64. The molecule has 1 aliphatic heterocycles. The molecule has 2 aromatic carbocycles. The molecule has 1 amide bonds. The smallest absolute Gasteiger partial charge is 0.323 e. The molecule has 112 valence electrons. The molecule has 22 heavy (non-hydrogen) atoms. The minimum Gasteiger partial charge on any atom is -0.480 e. The van der Waals surface area contributed by atoms with Gasteiger partial charge in [-0.15, -0.1) is 0 Å². The average molecular weight is 295 g/mol. The molecule has 0 bridgehead atoms. The van der Waals surface area contributed by atoms with Crippen LogP contribution in [0.15, 0.2) is 42.5 Å². The Bertz CT molecular complexity index is 752. The molecule has 1 heterocycles. The van der Waals surface area contributed by atoms with Crippen molar-refractivity contribution in [3.63, 3.8) is 0 Å².